The molecule has 0 saturated heterocycles. The lowest BCUT2D eigenvalue weighted by atomic mass is 10.3. The van der Waals surface area contributed by atoms with Gasteiger partial charge in [-0.05, 0) is 6.42 Å². The molecule has 0 aliphatic heterocycles. The number of unbranched alkanes of at least 4 members (excludes halogenated alkanes) is 2. The molecule has 0 N–H and O–H groups in total. The molecule has 0 unspecified atom stereocenters. The first-order chi connectivity index (χ1) is 5.50. The molecular weight excluding hydrogens is 176 g/mol. The number of hydrogen-bond donors (Lipinski definition) is 0. The minimum atomic E-state index is -1.09. The molecule has 0 atom stereocenters. The van der Waals surface area contributed by atoms with Gasteiger partial charge in [0.05, 0.1) is 0 Å². The lowest BCUT2D eigenvalue weighted by Gasteiger charge is -2.17. The molecule has 2 heteroatoms. The van der Waals surface area contributed by atoms with E-state index >= 15 is 0 Å². The van der Waals surface area contributed by atoms with Gasteiger partial charge >= 0.3 is 0 Å². The van der Waals surface area contributed by atoms with Gasteiger partial charge in [-0.3, -0.25) is 0 Å². The zero-order chi connectivity index (χ0) is 9.61. The highest BCUT2D eigenvalue weighted by Gasteiger charge is 2.23. The highest BCUT2D eigenvalue weighted by atomic mass is 29.2. The zero-order valence-corrected chi connectivity index (χ0v) is 11.1. The van der Waals surface area contributed by atoms with Crippen LogP contribution in [0, 0.1) is 11.5 Å². The normalized spacial score (nSPS) is 11.2. The molecule has 0 aliphatic rings. The van der Waals surface area contributed by atoms with Crippen LogP contribution in [0.2, 0.25) is 26.2 Å². The average molecular weight is 197 g/mol. The third-order valence-electron chi connectivity index (χ3n) is 2.31. The molecule has 0 bridgehead atoms. The van der Waals surface area contributed by atoms with Crippen molar-refractivity contribution in [2.24, 2.45) is 0 Å². The molecule has 1 radical (unpaired) electrons. The molecule has 0 aromatic rings. The summed E-state index contributed by atoms with van der Waals surface area (Å²) in [5, 5.41) is 0. The molecule has 0 aliphatic carbocycles. The summed E-state index contributed by atoms with van der Waals surface area (Å²) in [6, 6.07) is 0. The molecular formula is C10H21Si2. The minimum Gasteiger partial charge on any atom is -0.135 e. The van der Waals surface area contributed by atoms with Gasteiger partial charge in [0.15, 0.2) is 0 Å². The van der Waals surface area contributed by atoms with Gasteiger partial charge in [0.2, 0.25) is 0 Å². The van der Waals surface area contributed by atoms with E-state index in [1.165, 1.54) is 12.8 Å². The lowest BCUT2D eigenvalue weighted by molar-refractivity contribution is 0.828. The molecule has 0 saturated carbocycles. The Morgan fingerprint density at radius 2 is 1.83 bits per heavy atom. The van der Waals surface area contributed by atoms with Gasteiger partial charge in [-0.1, -0.05) is 39.5 Å². The lowest BCUT2D eigenvalue weighted by Crippen LogP contribution is -2.40. The van der Waals surface area contributed by atoms with E-state index in [0.717, 1.165) is 6.42 Å². The molecule has 0 amide bonds. The topological polar surface area (TPSA) is 0 Å². The van der Waals surface area contributed by atoms with Crippen molar-refractivity contribution in [3.8, 4) is 11.5 Å². The molecule has 0 rings (SSSR count). The van der Waals surface area contributed by atoms with Gasteiger partial charge in [0, 0.05) is 14.7 Å². The molecule has 69 valence electrons. The summed E-state index contributed by atoms with van der Waals surface area (Å²) in [6.07, 6.45) is 3.65. The standard InChI is InChI=1S/C10H21Si2/c1-6-7-8-9-10-12(4,5)11(2)3/h6-8H2,1-5H3. The fraction of sp³-hybridized carbons (Fsp3) is 0.800. The van der Waals surface area contributed by atoms with Crippen LogP contribution in [0.25, 0.3) is 0 Å². The van der Waals surface area contributed by atoms with Crippen LogP contribution in [-0.4, -0.2) is 15.9 Å². The third kappa shape index (κ3) is 4.79. The number of hydrogen-bond acceptors (Lipinski definition) is 0. The van der Waals surface area contributed by atoms with E-state index in [1.807, 2.05) is 0 Å². The van der Waals surface area contributed by atoms with E-state index in [4.69, 9.17) is 0 Å². The van der Waals surface area contributed by atoms with Gasteiger partial charge in [0.25, 0.3) is 0 Å². The quantitative estimate of drug-likeness (QED) is 0.370. The second-order valence-electron chi connectivity index (χ2n) is 4.03. The van der Waals surface area contributed by atoms with Crippen LogP contribution in [0.4, 0.5) is 0 Å². The Morgan fingerprint density at radius 1 is 1.25 bits per heavy atom. The fourth-order valence-electron chi connectivity index (χ4n) is 0.674. The molecule has 0 heterocycles. The molecule has 0 spiro atoms. The Morgan fingerprint density at radius 3 is 2.25 bits per heavy atom. The van der Waals surface area contributed by atoms with Crippen LogP contribution in [0.3, 0.4) is 0 Å². The monoisotopic (exact) mass is 197 g/mol. The Kier molecular flexibility index (Phi) is 5.60. The first kappa shape index (κ1) is 12.0. The van der Waals surface area contributed by atoms with Crippen LogP contribution < -0.4 is 0 Å². The predicted octanol–water partition coefficient (Wildman–Crippen LogP) is 3.26. The largest absolute Gasteiger partial charge is 0.135 e. The number of rotatable bonds is 3. The van der Waals surface area contributed by atoms with Crippen molar-refractivity contribution in [3.63, 3.8) is 0 Å². The first-order valence-electron chi connectivity index (χ1n) is 4.81. The third-order valence-corrected chi connectivity index (χ3v) is 13.5. The minimum absolute atomic E-state index is 0.133. The van der Waals surface area contributed by atoms with Gasteiger partial charge in [-0.25, -0.2) is 0 Å². The van der Waals surface area contributed by atoms with Crippen molar-refractivity contribution in [1.29, 1.82) is 0 Å². The second-order valence-corrected chi connectivity index (χ2v) is 16.3. The summed E-state index contributed by atoms with van der Waals surface area (Å²) >= 11 is 0. The first-order valence-corrected chi connectivity index (χ1v) is 11.3. The van der Waals surface area contributed by atoms with Crippen LogP contribution in [0.15, 0.2) is 0 Å². The maximum absolute atomic E-state index is 3.53. The molecule has 0 fully saturated rings. The van der Waals surface area contributed by atoms with Gasteiger partial charge in [-0.15, -0.1) is 11.5 Å². The van der Waals surface area contributed by atoms with Crippen LogP contribution in [0.5, 0.6) is 0 Å². The Hall–Kier alpha value is -0.00623. The fourth-order valence-corrected chi connectivity index (χ4v) is 2.51. The zero-order valence-electron chi connectivity index (χ0n) is 9.12. The summed E-state index contributed by atoms with van der Waals surface area (Å²) < 4.78 is 0. The van der Waals surface area contributed by atoms with Crippen LogP contribution in [-0.2, 0) is 0 Å². The van der Waals surface area contributed by atoms with E-state index in [-0.39, 0.29) is 8.31 Å². The average Bonchev–Trinajstić information content (AvgIpc) is 1.98. The SMILES string of the molecule is CCCCC#C[Si](C)(C)[Si](C)C. The molecule has 0 aromatic heterocycles. The van der Waals surface area contributed by atoms with Crippen molar-refractivity contribution < 1.29 is 0 Å². The summed E-state index contributed by atoms with van der Waals surface area (Å²) in [4.78, 5) is 0. The Labute approximate surface area is 80.2 Å². The summed E-state index contributed by atoms with van der Waals surface area (Å²) in [5.74, 6) is 3.35. The molecule has 12 heavy (non-hydrogen) atoms. The van der Waals surface area contributed by atoms with Crippen molar-refractivity contribution in [1.82, 2.24) is 0 Å². The Bertz CT molecular complexity index is 172. The van der Waals surface area contributed by atoms with E-state index in [0.29, 0.717) is 0 Å². The van der Waals surface area contributed by atoms with Gasteiger partial charge in [0.1, 0.15) is 7.59 Å². The summed E-state index contributed by atoms with van der Waals surface area (Å²) in [7, 11) is -1.22. The maximum atomic E-state index is 3.53. The van der Waals surface area contributed by atoms with Gasteiger partial charge < -0.3 is 0 Å². The van der Waals surface area contributed by atoms with Crippen molar-refractivity contribution in [2.45, 2.75) is 52.4 Å². The molecule has 0 nitrogen and oxygen atoms in total. The van der Waals surface area contributed by atoms with Crippen molar-refractivity contribution in [3.05, 3.63) is 0 Å². The van der Waals surface area contributed by atoms with Crippen molar-refractivity contribution >= 4 is 15.9 Å². The van der Waals surface area contributed by atoms with E-state index in [2.05, 4.69) is 44.6 Å². The smallest absolute Gasteiger partial charge is 0.120 e. The van der Waals surface area contributed by atoms with E-state index < -0.39 is 7.59 Å². The van der Waals surface area contributed by atoms with Gasteiger partial charge in [-0.2, -0.15) is 0 Å². The van der Waals surface area contributed by atoms with Crippen LogP contribution in [0.1, 0.15) is 26.2 Å². The summed E-state index contributed by atoms with van der Waals surface area (Å²) in [5.41, 5.74) is 3.53. The highest BCUT2D eigenvalue weighted by molar-refractivity contribution is 7.35. The van der Waals surface area contributed by atoms with E-state index in [9.17, 15) is 0 Å². The Balaban J connectivity index is 3.92. The second kappa shape index (κ2) is 5.61. The maximum Gasteiger partial charge on any atom is 0.120 e. The van der Waals surface area contributed by atoms with Crippen molar-refractivity contribution in [2.75, 3.05) is 0 Å². The summed E-state index contributed by atoms with van der Waals surface area (Å²) in [6.45, 7) is 11.8. The highest BCUT2D eigenvalue weighted by Crippen LogP contribution is 2.05. The van der Waals surface area contributed by atoms with Crippen LogP contribution >= 0.6 is 0 Å². The predicted molar refractivity (Wildman–Crippen MR) is 62.3 cm³/mol. The molecule has 0 aromatic carbocycles. The van der Waals surface area contributed by atoms with E-state index in [1.54, 1.807) is 0 Å².